The molecule has 21 heavy (non-hydrogen) atoms. The molecule has 1 heterocycles. The van der Waals surface area contributed by atoms with Crippen molar-refractivity contribution in [3.8, 4) is 0 Å². The second kappa shape index (κ2) is 8.03. The van der Waals surface area contributed by atoms with Crippen LogP contribution in [0.3, 0.4) is 0 Å². The summed E-state index contributed by atoms with van der Waals surface area (Å²) in [5.41, 5.74) is 1.13. The summed E-state index contributed by atoms with van der Waals surface area (Å²) in [6, 6.07) is 0.560. The van der Waals surface area contributed by atoms with E-state index < -0.39 is 0 Å². The van der Waals surface area contributed by atoms with Crippen LogP contribution in [-0.2, 0) is 6.54 Å². The average molecular weight is 327 g/mol. The smallest absolute Gasteiger partial charge is 0.191 e. The van der Waals surface area contributed by atoms with E-state index in [1.54, 1.807) is 11.3 Å². The molecule has 2 atom stereocenters. The zero-order valence-electron chi connectivity index (χ0n) is 13.4. The van der Waals surface area contributed by atoms with Crippen molar-refractivity contribution in [3.05, 3.63) is 15.6 Å². The molecule has 2 unspecified atom stereocenters. The summed E-state index contributed by atoms with van der Waals surface area (Å²) < 4.78 is 0. The molecule has 1 saturated carbocycles. The molecule has 1 fully saturated rings. The molecule has 0 radical (unpaired) electrons. The Bertz CT molecular complexity index is 484. The standard InChI is InChI=1S/C15H26N4S2/c1-5-20-13-7-6-12(8-13)19-15(16-4)17-9-14-10(2)18-11(3)21-14/h12-13H,5-9H2,1-4H3,(H2,16,17,19). The zero-order valence-corrected chi connectivity index (χ0v) is 15.0. The van der Waals surface area contributed by atoms with E-state index in [1.807, 2.05) is 7.05 Å². The van der Waals surface area contributed by atoms with Crippen LogP contribution in [0.15, 0.2) is 4.99 Å². The lowest BCUT2D eigenvalue weighted by Gasteiger charge is -2.17. The largest absolute Gasteiger partial charge is 0.354 e. The maximum Gasteiger partial charge on any atom is 0.191 e. The van der Waals surface area contributed by atoms with Crippen molar-refractivity contribution in [2.24, 2.45) is 4.99 Å². The quantitative estimate of drug-likeness (QED) is 0.645. The highest BCUT2D eigenvalue weighted by Gasteiger charge is 2.25. The van der Waals surface area contributed by atoms with Gasteiger partial charge in [0.25, 0.3) is 0 Å². The number of nitrogens with one attached hydrogen (secondary N) is 2. The lowest BCUT2D eigenvalue weighted by atomic mass is 10.2. The minimum absolute atomic E-state index is 0.560. The van der Waals surface area contributed by atoms with E-state index in [4.69, 9.17) is 0 Å². The number of rotatable bonds is 5. The molecule has 6 heteroatoms. The molecule has 118 valence electrons. The fourth-order valence-corrected chi connectivity index (χ4v) is 4.77. The van der Waals surface area contributed by atoms with Crippen molar-refractivity contribution in [2.75, 3.05) is 12.8 Å². The predicted molar refractivity (Wildman–Crippen MR) is 94.5 cm³/mol. The number of thioether (sulfide) groups is 1. The number of aryl methyl sites for hydroxylation is 2. The van der Waals surface area contributed by atoms with Crippen molar-refractivity contribution < 1.29 is 0 Å². The normalized spacial score (nSPS) is 22.6. The Morgan fingerprint density at radius 2 is 2.24 bits per heavy atom. The zero-order chi connectivity index (χ0) is 15.2. The van der Waals surface area contributed by atoms with Crippen LogP contribution in [0.25, 0.3) is 0 Å². The number of nitrogens with zero attached hydrogens (tertiary/aromatic N) is 2. The summed E-state index contributed by atoms with van der Waals surface area (Å²) in [4.78, 5) is 10.1. The van der Waals surface area contributed by atoms with Crippen LogP contribution in [-0.4, -0.2) is 35.0 Å². The molecule has 0 aliphatic heterocycles. The van der Waals surface area contributed by atoms with Crippen LogP contribution < -0.4 is 10.6 Å². The highest BCUT2D eigenvalue weighted by atomic mass is 32.2. The van der Waals surface area contributed by atoms with Gasteiger partial charge in [-0.05, 0) is 38.9 Å². The summed E-state index contributed by atoms with van der Waals surface area (Å²) in [6.07, 6.45) is 3.81. The minimum atomic E-state index is 0.560. The van der Waals surface area contributed by atoms with Gasteiger partial charge in [0.2, 0.25) is 0 Å². The lowest BCUT2D eigenvalue weighted by molar-refractivity contribution is 0.615. The summed E-state index contributed by atoms with van der Waals surface area (Å²) in [5.74, 6) is 2.13. The third-order valence-electron chi connectivity index (χ3n) is 3.77. The summed E-state index contributed by atoms with van der Waals surface area (Å²) >= 11 is 3.84. The summed E-state index contributed by atoms with van der Waals surface area (Å²) in [5, 5.41) is 8.92. The first-order valence-electron chi connectivity index (χ1n) is 7.64. The Kier molecular flexibility index (Phi) is 6.36. The number of aliphatic imine (C=N–C) groups is 1. The molecule has 1 aromatic rings. The lowest BCUT2D eigenvalue weighted by Crippen LogP contribution is -2.42. The topological polar surface area (TPSA) is 49.3 Å². The van der Waals surface area contributed by atoms with Crippen molar-refractivity contribution in [1.29, 1.82) is 0 Å². The monoisotopic (exact) mass is 326 g/mol. The number of hydrogen-bond donors (Lipinski definition) is 2. The molecule has 2 rings (SSSR count). The molecule has 0 saturated heterocycles. The Hall–Kier alpha value is -0.750. The van der Waals surface area contributed by atoms with Gasteiger partial charge in [0, 0.05) is 23.2 Å². The molecule has 1 aliphatic carbocycles. The molecule has 0 amide bonds. The van der Waals surface area contributed by atoms with Gasteiger partial charge in [-0.25, -0.2) is 4.98 Å². The molecule has 0 aromatic carbocycles. The highest BCUT2D eigenvalue weighted by molar-refractivity contribution is 7.99. The van der Waals surface area contributed by atoms with Gasteiger partial charge >= 0.3 is 0 Å². The third kappa shape index (κ3) is 4.88. The van der Waals surface area contributed by atoms with Gasteiger partial charge in [0.1, 0.15) is 0 Å². The van der Waals surface area contributed by atoms with E-state index in [1.165, 1.54) is 29.9 Å². The third-order valence-corrected chi connectivity index (χ3v) is 6.07. The van der Waals surface area contributed by atoms with E-state index in [-0.39, 0.29) is 0 Å². The molecule has 1 aromatic heterocycles. The first-order chi connectivity index (χ1) is 10.1. The van der Waals surface area contributed by atoms with Gasteiger partial charge in [-0.3, -0.25) is 4.99 Å². The summed E-state index contributed by atoms with van der Waals surface area (Å²) in [6.45, 7) is 7.17. The van der Waals surface area contributed by atoms with Crippen LogP contribution >= 0.6 is 23.1 Å². The van der Waals surface area contributed by atoms with Crippen LogP contribution in [0.4, 0.5) is 0 Å². The Morgan fingerprint density at radius 1 is 1.43 bits per heavy atom. The van der Waals surface area contributed by atoms with E-state index in [0.717, 1.165) is 28.5 Å². The van der Waals surface area contributed by atoms with Gasteiger partial charge in [0.05, 0.1) is 17.2 Å². The van der Waals surface area contributed by atoms with Gasteiger partial charge in [-0.15, -0.1) is 11.3 Å². The molecule has 2 N–H and O–H groups in total. The molecule has 4 nitrogen and oxygen atoms in total. The number of guanidine groups is 1. The number of hydrogen-bond acceptors (Lipinski definition) is 4. The van der Waals surface area contributed by atoms with Crippen LogP contribution in [0, 0.1) is 13.8 Å². The van der Waals surface area contributed by atoms with Gasteiger partial charge < -0.3 is 10.6 Å². The van der Waals surface area contributed by atoms with Crippen LogP contribution in [0.2, 0.25) is 0 Å². The molecule has 0 spiro atoms. The summed E-state index contributed by atoms with van der Waals surface area (Å²) in [7, 11) is 1.84. The number of thiazole rings is 1. The molecular formula is C15H26N4S2. The fourth-order valence-electron chi connectivity index (χ4n) is 2.75. The van der Waals surface area contributed by atoms with E-state index >= 15 is 0 Å². The van der Waals surface area contributed by atoms with Crippen LogP contribution in [0.5, 0.6) is 0 Å². The van der Waals surface area contributed by atoms with Crippen molar-refractivity contribution in [2.45, 2.75) is 57.9 Å². The van der Waals surface area contributed by atoms with E-state index in [0.29, 0.717) is 6.04 Å². The maximum absolute atomic E-state index is 4.46. The van der Waals surface area contributed by atoms with E-state index in [2.05, 4.69) is 53.1 Å². The Labute approximate surface area is 136 Å². The maximum atomic E-state index is 4.46. The van der Waals surface area contributed by atoms with Crippen LogP contribution in [0.1, 0.15) is 41.8 Å². The Balaban J connectivity index is 1.80. The first-order valence-corrected chi connectivity index (χ1v) is 9.50. The number of aromatic nitrogens is 1. The van der Waals surface area contributed by atoms with Crippen molar-refractivity contribution in [1.82, 2.24) is 15.6 Å². The van der Waals surface area contributed by atoms with E-state index in [9.17, 15) is 0 Å². The van der Waals surface area contributed by atoms with Gasteiger partial charge in [0.15, 0.2) is 5.96 Å². The fraction of sp³-hybridized carbons (Fsp3) is 0.733. The first kappa shape index (κ1) is 16.6. The SMILES string of the molecule is CCSC1CCC(NC(=NC)NCc2sc(C)nc2C)C1. The minimum Gasteiger partial charge on any atom is -0.354 e. The Morgan fingerprint density at radius 3 is 2.86 bits per heavy atom. The average Bonchev–Trinajstić information content (AvgIpc) is 3.01. The van der Waals surface area contributed by atoms with Gasteiger partial charge in [-0.2, -0.15) is 11.8 Å². The van der Waals surface area contributed by atoms with Crippen molar-refractivity contribution >= 4 is 29.1 Å². The van der Waals surface area contributed by atoms with Gasteiger partial charge in [-0.1, -0.05) is 6.92 Å². The predicted octanol–water partition coefficient (Wildman–Crippen LogP) is 3.10. The second-order valence-electron chi connectivity index (χ2n) is 5.40. The van der Waals surface area contributed by atoms with Crippen molar-refractivity contribution in [3.63, 3.8) is 0 Å². The molecule has 0 bridgehead atoms. The molecule has 1 aliphatic rings. The molecular weight excluding hydrogens is 300 g/mol. The second-order valence-corrected chi connectivity index (χ2v) is 8.26. The highest BCUT2D eigenvalue weighted by Crippen LogP contribution is 2.29.